The average molecular weight is 144 g/mol. The molecule has 0 fully saturated rings. The summed E-state index contributed by atoms with van der Waals surface area (Å²) in [5, 5.41) is 7.10. The fraction of sp³-hybridized carbons (Fsp3) is 0.667. The van der Waals surface area contributed by atoms with Gasteiger partial charge in [-0.2, -0.15) is 0 Å². The van der Waals surface area contributed by atoms with Crippen molar-refractivity contribution in [3.05, 3.63) is 0 Å². The number of carbonyl (C=O) groups excluding carboxylic acids is 1. The third kappa shape index (κ3) is 2.05. The van der Waals surface area contributed by atoms with Gasteiger partial charge in [-0.1, -0.05) is 6.92 Å². The second-order valence-corrected chi connectivity index (χ2v) is 1.93. The summed E-state index contributed by atoms with van der Waals surface area (Å²) in [5.74, 6) is -1.13. The van der Waals surface area contributed by atoms with Crippen LogP contribution in [0.4, 0.5) is 0 Å². The molecule has 1 atom stereocenters. The van der Waals surface area contributed by atoms with Crippen LogP contribution in [0.5, 0.6) is 0 Å². The Hall–Kier alpha value is -1.06. The van der Waals surface area contributed by atoms with Crippen LogP contribution in [-0.4, -0.2) is 18.9 Å². The second kappa shape index (κ2) is 3.87. The Morgan fingerprint density at radius 3 is 2.40 bits per heavy atom. The van der Waals surface area contributed by atoms with E-state index in [-0.39, 0.29) is 5.90 Å². The molecule has 0 aliphatic heterocycles. The molecule has 0 radical (unpaired) electrons. The molecule has 0 saturated carbocycles. The van der Waals surface area contributed by atoms with E-state index in [0.29, 0.717) is 6.42 Å². The number of ether oxygens (including phenoxy) is 1. The number of carbonyl (C=O) groups is 1. The standard InChI is InChI=1S/C6H12N2O2/c1-3-4(5(7)9)6(8)10-2/h4,8H,3H2,1-2H3,(H2,7,9). The minimum absolute atomic E-state index is 0.0602. The zero-order valence-electron chi connectivity index (χ0n) is 6.18. The fourth-order valence-corrected chi connectivity index (χ4v) is 0.658. The topological polar surface area (TPSA) is 76.2 Å². The molecule has 0 bridgehead atoms. The number of rotatable bonds is 3. The molecule has 0 aliphatic rings. The maximum atomic E-state index is 10.5. The van der Waals surface area contributed by atoms with Gasteiger partial charge in [0.05, 0.1) is 7.11 Å². The molecule has 0 aliphatic carbocycles. The van der Waals surface area contributed by atoms with E-state index in [1.54, 1.807) is 6.92 Å². The van der Waals surface area contributed by atoms with Crippen molar-refractivity contribution in [3.63, 3.8) is 0 Å². The van der Waals surface area contributed by atoms with Gasteiger partial charge < -0.3 is 10.5 Å². The number of nitrogens with two attached hydrogens (primary N) is 1. The van der Waals surface area contributed by atoms with Crippen LogP contribution in [0.3, 0.4) is 0 Å². The van der Waals surface area contributed by atoms with E-state index in [1.807, 2.05) is 0 Å². The Labute approximate surface area is 59.9 Å². The largest absolute Gasteiger partial charge is 0.484 e. The molecule has 0 aromatic heterocycles. The molecular weight excluding hydrogens is 132 g/mol. The van der Waals surface area contributed by atoms with Gasteiger partial charge in [0.1, 0.15) is 5.92 Å². The summed E-state index contributed by atoms with van der Waals surface area (Å²) >= 11 is 0. The van der Waals surface area contributed by atoms with Crippen LogP contribution < -0.4 is 5.73 Å². The molecule has 10 heavy (non-hydrogen) atoms. The molecule has 0 saturated heterocycles. The highest BCUT2D eigenvalue weighted by atomic mass is 16.5. The molecule has 0 heterocycles. The van der Waals surface area contributed by atoms with Crippen LogP contribution >= 0.6 is 0 Å². The lowest BCUT2D eigenvalue weighted by Gasteiger charge is -2.09. The van der Waals surface area contributed by atoms with E-state index >= 15 is 0 Å². The SMILES string of the molecule is CCC(C(=N)OC)C(N)=O. The van der Waals surface area contributed by atoms with Crippen LogP contribution in [0.1, 0.15) is 13.3 Å². The number of methoxy groups -OCH3 is 1. The molecule has 0 aromatic carbocycles. The second-order valence-electron chi connectivity index (χ2n) is 1.93. The summed E-state index contributed by atoms with van der Waals surface area (Å²) < 4.78 is 4.55. The first-order valence-electron chi connectivity index (χ1n) is 3.05. The summed E-state index contributed by atoms with van der Waals surface area (Å²) in [6.45, 7) is 1.78. The molecule has 3 N–H and O–H groups in total. The third-order valence-corrected chi connectivity index (χ3v) is 1.29. The van der Waals surface area contributed by atoms with Gasteiger partial charge >= 0.3 is 0 Å². The summed E-state index contributed by atoms with van der Waals surface area (Å²) in [4.78, 5) is 10.5. The van der Waals surface area contributed by atoms with Gasteiger partial charge in [-0.3, -0.25) is 10.2 Å². The lowest BCUT2D eigenvalue weighted by Crippen LogP contribution is -2.30. The van der Waals surface area contributed by atoms with Crippen molar-refractivity contribution in [2.45, 2.75) is 13.3 Å². The predicted molar refractivity (Wildman–Crippen MR) is 37.7 cm³/mol. The summed E-state index contributed by atoms with van der Waals surface area (Å²) in [6, 6.07) is 0. The van der Waals surface area contributed by atoms with Gasteiger partial charge in [-0.25, -0.2) is 0 Å². The first-order chi connectivity index (χ1) is 4.63. The lowest BCUT2D eigenvalue weighted by atomic mass is 10.1. The Morgan fingerprint density at radius 1 is 1.80 bits per heavy atom. The zero-order chi connectivity index (χ0) is 8.15. The minimum Gasteiger partial charge on any atom is -0.484 e. The number of nitrogens with one attached hydrogen (secondary N) is 1. The number of primary amides is 1. The monoisotopic (exact) mass is 144 g/mol. The summed E-state index contributed by atoms with van der Waals surface area (Å²) in [7, 11) is 1.36. The first-order valence-corrected chi connectivity index (χ1v) is 3.05. The van der Waals surface area contributed by atoms with E-state index in [9.17, 15) is 4.79 Å². The molecule has 0 spiro atoms. The molecule has 1 amide bonds. The van der Waals surface area contributed by atoms with Gasteiger partial charge in [-0.15, -0.1) is 0 Å². The normalized spacial score (nSPS) is 12.2. The number of hydrogen-bond acceptors (Lipinski definition) is 3. The van der Waals surface area contributed by atoms with Gasteiger partial charge in [0.2, 0.25) is 5.91 Å². The van der Waals surface area contributed by atoms with E-state index < -0.39 is 11.8 Å². The fourth-order valence-electron chi connectivity index (χ4n) is 0.658. The molecule has 4 nitrogen and oxygen atoms in total. The maximum Gasteiger partial charge on any atom is 0.229 e. The Bertz CT molecular complexity index is 145. The maximum absolute atomic E-state index is 10.5. The summed E-state index contributed by atoms with van der Waals surface area (Å²) in [6.07, 6.45) is 0.516. The summed E-state index contributed by atoms with van der Waals surface area (Å²) in [5.41, 5.74) is 4.96. The predicted octanol–water partition coefficient (Wildman–Crippen LogP) is 0.122. The smallest absolute Gasteiger partial charge is 0.229 e. The molecule has 0 rings (SSSR count). The van der Waals surface area contributed by atoms with Crippen LogP contribution in [0, 0.1) is 11.3 Å². The molecule has 4 heteroatoms. The quantitative estimate of drug-likeness (QED) is 0.436. The Morgan fingerprint density at radius 2 is 2.30 bits per heavy atom. The number of hydrogen-bond donors (Lipinski definition) is 2. The van der Waals surface area contributed by atoms with Crippen LogP contribution in [0.25, 0.3) is 0 Å². The highest BCUT2D eigenvalue weighted by molar-refractivity contribution is 5.98. The number of amides is 1. The zero-order valence-corrected chi connectivity index (χ0v) is 6.18. The lowest BCUT2D eigenvalue weighted by molar-refractivity contribution is -0.120. The van der Waals surface area contributed by atoms with E-state index in [0.717, 1.165) is 0 Å². The average Bonchev–Trinajstić information content (AvgIpc) is 1.88. The highest BCUT2D eigenvalue weighted by Crippen LogP contribution is 2.02. The van der Waals surface area contributed by atoms with Crippen LogP contribution in [0.2, 0.25) is 0 Å². The Balaban J connectivity index is 4.06. The van der Waals surface area contributed by atoms with Crippen molar-refractivity contribution >= 4 is 11.8 Å². The van der Waals surface area contributed by atoms with Crippen molar-refractivity contribution in [1.82, 2.24) is 0 Å². The van der Waals surface area contributed by atoms with Gasteiger partial charge in [-0.05, 0) is 6.42 Å². The van der Waals surface area contributed by atoms with Crippen molar-refractivity contribution in [1.29, 1.82) is 5.41 Å². The molecular formula is C6H12N2O2. The van der Waals surface area contributed by atoms with Crippen molar-refractivity contribution in [2.75, 3.05) is 7.11 Å². The first kappa shape index (κ1) is 8.94. The van der Waals surface area contributed by atoms with E-state index in [4.69, 9.17) is 11.1 Å². The Kier molecular flexibility index (Phi) is 3.46. The van der Waals surface area contributed by atoms with Crippen LogP contribution in [0.15, 0.2) is 0 Å². The van der Waals surface area contributed by atoms with Crippen molar-refractivity contribution in [3.8, 4) is 0 Å². The molecule has 0 aromatic rings. The molecule has 1 unspecified atom stereocenters. The van der Waals surface area contributed by atoms with Crippen molar-refractivity contribution < 1.29 is 9.53 Å². The van der Waals surface area contributed by atoms with Gasteiger partial charge in [0.25, 0.3) is 0 Å². The van der Waals surface area contributed by atoms with Crippen LogP contribution in [-0.2, 0) is 9.53 Å². The van der Waals surface area contributed by atoms with Crippen molar-refractivity contribution in [2.24, 2.45) is 11.7 Å². The molecule has 58 valence electrons. The van der Waals surface area contributed by atoms with Gasteiger partial charge in [0.15, 0.2) is 5.90 Å². The van der Waals surface area contributed by atoms with Gasteiger partial charge in [0, 0.05) is 0 Å². The van der Waals surface area contributed by atoms with E-state index in [2.05, 4.69) is 4.74 Å². The van der Waals surface area contributed by atoms with E-state index in [1.165, 1.54) is 7.11 Å². The third-order valence-electron chi connectivity index (χ3n) is 1.29. The highest BCUT2D eigenvalue weighted by Gasteiger charge is 2.18. The minimum atomic E-state index is -0.565.